The maximum atomic E-state index is 2.99. The van der Waals surface area contributed by atoms with Crippen molar-refractivity contribution < 1.29 is 23.3 Å². The number of hydrogen-bond donors (Lipinski definition) is 0. The number of halogens is 2. The summed E-state index contributed by atoms with van der Waals surface area (Å²) in [7, 11) is 0. The second-order valence-corrected chi connectivity index (χ2v) is 13.0. The van der Waals surface area contributed by atoms with E-state index < -0.39 is 0 Å². The molecule has 0 N–H and O–H groups in total. The molecule has 0 radical (unpaired) electrons. The molecular weight excluding hydrogens is 671 g/mol. The fraction of sp³-hybridized carbons (Fsp3) is 0.475. The van der Waals surface area contributed by atoms with Crippen molar-refractivity contribution in [2.24, 2.45) is 29.1 Å². The molecule has 4 heteroatoms. The molecule has 4 unspecified atom stereocenters. The Labute approximate surface area is 299 Å². The average molecular weight is 725 g/mol. The van der Waals surface area contributed by atoms with Gasteiger partial charge in [-0.05, 0) is 37.5 Å². The van der Waals surface area contributed by atoms with Gasteiger partial charge in [-0.1, -0.05) is 82.8 Å². The van der Waals surface area contributed by atoms with Crippen molar-refractivity contribution in [3.8, 4) is 0 Å². The molecule has 2 fully saturated rings. The van der Waals surface area contributed by atoms with Crippen molar-refractivity contribution >= 4 is 31.7 Å². The van der Waals surface area contributed by atoms with Crippen molar-refractivity contribution in [1.29, 1.82) is 0 Å². The molecule has 0 saturated heterocycles. The van der Waals surface area contributed by atoms with E-state index in [-0.39, 0.29) is 24.8 Å². The van der Waals surface area contributed by atoms with E-state index in [1.807, 2.05) is 84.3 Å². The summed E-state index contributed by atoms with van der Waals surface area (Å²) >= 11 is 1.58. The number of aryl methyl sites for hydroxylation is 2. The molecule has 4 atom stereocenters. The second kappa shape index (κ2) is 20.9. The summed E-state index contributed by atoms with van der Waals surface area (Å²) in [6, 6.07) is 21.6. The van der Waals surface area contributed by atoms with E-state index in [9.17, 15) is 0 Å². The molecule has 0 bridgehead atoms. The molecule has 2 aromatic carbocycles. The van der Waals surface area contributed by atoms with Crippen molar-refractivity contribution in [2.75, 3.05) is 0 Å². The first-order chi connectivity index (χ1) is 20.3. The van der Waals surface area contributed by atoms with Gasteiger partial charge in [-0.25, -0.2) is 29.2 Å². The predicted octanol–water partition coefficient (Wildman–Crippen LogP) is 10.9. The molecule has 0 nitrogen and oxygen atoms in total. The second-order valence-electron chi connectivity index (χ2n) is 13.0. The molecule has 2 saturated carbocycles. The molecule has 0 aliphatic heterocycles. The summed E-state index contributed by atoms with van der Waals surface area (Å²) in [6.07, 6.45) is 22.6. The van der Waals surface area contributed by atoms with E-state index in [0.29, 0.717) is 5.41 Å². The number of hydrogen-bond acceptors (Lipinski definition) is 0. The van der Waals surface area contributed by atoms with Gasteiger partial charge in [-0.2, -0.15) is 77.9 Å². The number of rotatable bonds is 0. The maximum absolute atomic E-state index is 2.99. The van der Waals surface area contributed by atoms with Gasteiger partial charge in [0.25, 0.3) is 0 Å². The van der Waals surface area contributed by atoms with E-state index in [0.717, 1.165) is 30.1 Å². The molecule has 0 heterocycles. The third-order valence-electron chi connectivity index (χ3n) is 10.1. The topological polar surface area (TPSA) is 0 Å². The van der Waals surface area contributed by atoms with Crippen LogP contribution in [-0.2, 0) is 23.3 Å². The van der Waals surface area contributed by atoms with Gasteiger partial charge in [0.1, 0.15) is 0 Å². The Kier molecular flexibility index (Phi) is 19.5. The predicted molar refractivity (Wildman–Crippen MR) is 194 cm³/mol. The van der Waals surface area contributed by atoms with Crippen LogP contribution in [0, 0.1) is 67.1 Å². The zero-order valence-electron chi connectivity index (χ0n) is 27.9. The molecule has 0 amide bonds. The Bertz CT molecular complexity index is 1170. The number of benzene rings is 2. The van der Waals surface area contributed by atoms with E-state index in [2.05, 4.69) is 71.9 Å². The molecule has 2 aromatic rings. The van der Waals surface area contributed by atoms with Crippen LogP contribution in [-0.4, -0.2) is 6.88 Å². The molecule has 7 rings (SSSR count). The van der Waals surface area contributed by atoms with Crippen LogP contribution in [0.1, 0.15) is 90.2 Å². The average Bonchev–Trinajstić information content (AvgIpc) is 3.71. The Morgan fingerprint density at radius 2 is 1.48 bits per heavy atom. The number of fused-ring (bicyclic) bond motifs is 4. The SMILES string of the molecule is C[C-]1C2=C3CC4=CCCCC4C3CCC2CC(C)C1(C)C.Cc1cc[c-]cc1.Cc1cc[c-]cc1.Cl.Cl.[C-]1=CC=CC1.[SiH2]=[Zr]. The zero-order valence-corrected chi connectivity index (χ0v) is 33.4. The van der Waals surface area contributed by atoms with Crippen LogP contribution in [0.4, 0.5) is 0 Å². The zero-order chi connectivity index (χ0) is 30.5. The van der Waals surface area contributed by atoms with Crippen LogP contribution in [0.5, 0.6) is 0 Å². The van der Waals surface area contributed by atoms with Crippen molar-refractivity contribution in [3.05, 3.63) is 125 Å². The van der Waals surface area contributed by atoms with Crippen LogP contribution in [0.15, 0.2) is 89.6 Å². The number of allylic oxidation sites excluding steroid dienone is 8. The van der Waals surface area contributed by atoms with E-state index in [1.54, 1.807) is 29.3 Å². The first-order valence-electron chi connectivity index (χ1n) is 16.0. The summed E-state index contributed by atoms with van der Waals surface area (Å²) in [4.78, 5) is 0. The third kappa shape index (κ3) is 11.3. The molecule has 0 spiro atoms. The summed E-state index contributed by atoms with van der Waals surface area (Å²) in [6.45, 7) is 16.0. The normalized spacial score (nSPS) is 24.6. The fourth-order valence-corrected chi connectivity index (χ4v) is 7.18. The minimum atomic E-state index is 0. The molecule has 0 aromatic heterocycles. The van der Waals surface area contributed by atoms with Gasteiger partial charge in [0.15, 0.2) is 0 Å². The van der Waals surface area contributed by atoms with Crippen LogP contribution in [0.3, 0.4) is 0 Å². The Balaban J connectivity index is 0.000000346. The summed E-state index contributed by atoms with van der Waals surface area (Å²) < 4.78 is 0. The molecule has 5 aliphatic carbocycles. The first-order valence-corrected chi connectivity index (χ1v) is 21.9. The standard InChI is InChI=1S/C21H31.2C7H7.C5H5.2ClH.H2Si.Zr/c1-13-11-16-9-10-18-17-8-6-5-7-15(17)12-19(18)20(16)14(2)21(13,3)4;2*1-7-5-3-2-4-6-7;1-2-4-5-3-1;;;;/h7,13,16-18H,5-6,8-12H2,1-4H3;2*3-6H,1H3;1-3H,4H2;2*1H;1H2;/q4*-1;;;;. The van der Waals surface area contributed by atoms with Crippen LogP contribution in [0.25, 0.3) is 0 Å². The van der Waals surface area contributed by atoms with Gasteiger partial charge in [0, 0.05) is 0 Å². The summed E-state index contributed by atoms with van der Waals surface area (Å²) in [5.41, 5.74) is 8.55. The van der Waals surface area contributed by atoms with E-state index in [4.69, 9.17) is 0 Å². The van der Waals surface area contributed by atoms with Gasteiger partial charge in [0.05, 0.1) is 0 Å². The Hall–Kier alpha value is -1.05. The van der Waals surface area contributed by atoms with Crippen LogP contribution in [0.2, 0.25) is 0 Å². The summed E-state index contributed by atoms with van der Waals surface area (Å²) in [5, 5.41) is 0. The van der Waals surface area contributed by atoms with Crippen molar-refractivity contribution in [1.82, 2.24) is 0 Å². The van der Waals surface area contributed by atoms with Gasteiger partial charge in [-0.3, -0.25) is 6.08 Å². The Morgan fingerprint density at radius 1 is 0.886 bits per heavy atom. The minimum absolute atomic E-state index is 0. The molecule has 44 heavy (non-hydrogen) atoms. The monoisotopic (exact) mass is 722 g/mol. The fourth-order valence-electron chi connectivity index (χ4n) is 7.18. The van der Waals surface area contributed by atoms with Crippen LogP contribution < -0.4 is 0 Å². The van der Waals surface area contributed by atoms with E-state index >= 15 is 0 Å². The first kappa shape index (κ1) is 41.0. The van der Waals surface area contributed by atoms with Gasteiger partial charge in [0.2, 0.25) is 0 Å². The van der Waals surface area contributed by atoms with Gasteiger partial charge >= 0.3 is 30.2 Å². The van der Waals surface area contributed by atoms with Gasteiger partial charge in [-0.15, -0.1) is 38.2 Å². The molecule has 240 valence electrons. The van der Waals surface area contributed by atoms with Gasteiger partial charge < -0.3 is 0 Å². The van der Waals surface area contributed by atoms with E-state index in [1.165, 1.54) is 56.1 Å². The van der Waals surface area contributed by atoms with Crippen molar-refractivity contribution in [2.45, 2.75) is 92.9 Å². The van der Waals surface area contributed by atoms with Crippen molar-refractivity contribution in [3.63, 3.8) is 0 Å². The molecular formula is C40H54Cl2SiZr-4. The quantitative estimate of drug-likeness (QED) is 0.144. The Morgan fingerprint density at radius 3 is 1.93 bits per heavy atom. The third-order valence-corrected chi connectivity index (χ3v) is 10.1. The van der Waals surface area contributed by atoms with Crippen LogP contribution >= 0.6 is 24.8 Å². The summed E-state index contributed by atoms with van der Waals surface area (Å²) in [5.74, 6) is 5.32. The molecule has 5 aliphatic rings.